The molecule has 0 unspecified atom stereocenters. The van der Waals surface area contributed by atoms with Gasteiger partial charge >= 0.3 is 5.66 Å². The predicted molar refractivity (Wildman–Crippen MR) is 85.5 cm³/mol. The van der Waals surface area contributed by atoms with Crippen LogP contribution in [0.5, 0.6) is 0 Å². The summed E-state index contributed by atoms with van der Waals surface area (Å²) in [6.45, 7) is 11.5. The number of halogens is 2. The first kappa shape index (κ1) is 15.7. The average molecular weight is 332 g/mol. The molecule has 0 atom stereocenters. The summed E-state index contributed by atoms with van der Waals surface area (Å²) in [5.41, 5.74) is 1.27. The van der Waals surface area contributed by atoms with E-state index < -0.39 is 11.5 Å². The third-order valence-electron chi connectivity index (χ3n) is 4.11. The maximum Gasteiger partial charge on any atom is 0.339 e. The minimum absolute atomic E-state index is 0.0295. The minimum Gasteiger partial charge on any atom is -0.299 e. The lowest BCUT2D eigenvalue weighted by Crippen LogP contribution is -2.45. The molecule has 1 saturated carbocycles. The Kier molecular flexibility index (Phi) is 3.73. The van der Waals surface area contributed by atoms with Crippen LogP contribution in [0.15, 0.2) is 24.3 Å². The molecule has 2 aromatic rings. The molecule has 1 aliphatic carbocycles. The summed E-state index contributed by atoms with van der Waals surface area (Å²) in [5, 5.41) is 4.57. The van der Waals surface area contributed by atoms with Crippen molar-refractivity contribution in [2.75, 3.05) is 0 Å². The Morgan fingerprint density at radius 1 is 1.39 bits per heavy atom. The standard InChI is InChI=1S/C17H15ClFN3O/c1-10(2)16-7-15(11-4-5-14(19)13(18)6-11)21-22(16)17(20-3)8-12(23)9-17/h4-7,10H,8-9H2,1-2H3. The number of hydrogen-bond acceptors (Lipinski definition) is 2. The van der Waals surface area contributed by atoms with Crippen molar-refractivity contribution in [2.24, 2.45) is 0 Å². The molecule has 23 heavy (non-hydrogen) atoms. The van der Waals surface area contributed by atoms with Crippen molar-refractivity contribution in [3.8, 4) is 11.3 Å². The number of carbonyl (C=O) groups is 1. The maximum atomic E-state index is 13.3. The van der Waals surface area contributed by atoms with Gasteiger partial charge in [-0.2, -0.15) is 9.78 Å². The Bertz CT molecular complexity index is 827. The summed E-state index contributed by atoms with van der Waals surface area (Å²) < 4.78 is 15.0. The zero-order valence-electron chi connectivity index (χ0n) is 12.8. The van der Waals surface area contributed by atoms with Gasteiger partial charge in [0.05, 0.1) is 10.7 Å². The third-order valence-corrected chi connectivity index (χ3v) is 4.40. The van der Waals surface area contributed by atoms with E-state index in [0.717, 1.165) is 5.69 Å². The number of benzene rings is 1. The molecule has 1 aromatic carbocycles. The molecule has 1 heterocycles. The molecule has 1 fully saturated rings. The Labute approximate surface area is 138 Å². The molecular weight excluding hydrogens is 317 g/mol. The monoisotopic (exact) mass is 331 g/mol. The first-order chi connectivity index (χ1) is 10.9. The van der Waals surface area contributed by atoms with Gasteiger partial charge in [0.2, 0.25) is 0 Å². The van der Waals surface area contributed by atoms with Gasteiger partial charge in [-0.15, -0.1) is 0 Å². The van der Waals surface area contributed by atoms with E-state index in [2.05, 4.69) is 9.94 Å². The van der Waals surface area contributed by atoms with E-state index in [-0.39, 0.29) is 29.6 Å². The van der Waals surface area contributed by atoms with Gasteiger partial charge in [0.25, 0.3) is 0 Å². The van der Waals surface area contributed by atoms with E-state index in [1.165, 1.54) is 12.1 Å². The van der Waals surface area contributed by atoms with Gasteiger partial charge in [0.1, 0.15) is 18.7 Å². The van der Waals surface area contributed by atoms with E-state index in [9.17, 15) is 9.18 Å². The Balaban J connectivity index is 2.11. The van der Waals surface area contributed by atoms with Crippen LogP contribution in [0.3, 0.4) is 0 Å². The first-order valence-corrected chi connectivity index (χ1v) is 7.70. The minimum atomic E-state index is -0.918. The van der Waals surface area contributed by atoms with Crippen LogP contribution in [0, 0.1) is 12.4 Å². The molecule has 6 heteroatoms. The highest BCUT2D eigenvalue weighted by molar-refractivity contribution is 6.31. The second-order valence-corrected chi connectivity index (χ2v) is 6.54. The van der Waals surface area contributed by atoms with Gasteiger partial charge in [-0.05, 0) is 30.2 Å². The van der Waals surface area contributed by atoms with Crippen LogP contribution in [-0.2, 0) is 10.5 Å². The Morgan fingerprint density at radius 2 is 2.09 bits per heavy atom. The Hall–Kier alpha value is -2.19. The van der Waals surface area contributed by atoms with Crippen LogP contribution in [0.2, 0.25) is 5.02 Å². The number of nitrogens with zero attached hydrogens (tertiary/aromatic N) is 3. The van der Waals surface area contributed by atoms with Gasteiger partial charge < -0.3 is 0 Å². The third kappa shape index (κ3) is 2.53. The molecule has 1 aromatic heterocycles. The smallest absolute Gasteiger partial charge is 0.299 e. The topological polar surface area (TPSA) is 39.2 Å². The van der Waals surface area contributed by atoms with E-state index >= 15 is 0 Å². The number of ketones is 1. The number of Topliss-reactive ketones (excluding diaryl/α,β-unsaturated/α-hetero) is 1. The SMILES string of the molecule is [C-]#[N+]C1(n2nc(-c3ccc(F)c(Cl)c3)cc2C(C)C)CC(=O)C1. The summed E-state index contributed by atoms with van der Waals surface area (Å²) in [5.74, 6) is -0.278. The van der Waals surface area contributed by atoms with Crippen LogP contribution in [0.25, 0.3) is 16.1 Å². The lowest BCUT2D eigenvalue weighted by Gasteiger charge is -2.30. The molecule has 0 radical (unpaired) electrons. The molecule has 0 amide bonds. The van der Waals surface area contributed by atoms with Crippen molar-refractivity contribution < 1.29 is 9.18 Å². The zero-order chi connectivity index (χ0) is 16.8. The summed E-state index contributed by atoms with van der Waals surface area (Å²) in [6, 6.07) is 6.30. The second-order valence-electron chi connectivity index (χ2n) is 6.14. The van der Waals surface area contributed by atoms with Crippen molar-refractivity contribution in [3.63, 3.8) is 0 Å². The molecule has 0 bridgehead atoms. The molecule has 3 rings (SSSR count). The fraction of sp³-hybridized carbons (Fsp3) is 0.353. The number of carbonyl (C=O) groups excluding carboxylic acids is 1. The predicted octanol–water partition coefficient (Wildman–Crippen LogP) is 4.40. The first-order valence-electron chi connectivity index (χ1n) is 7.32. The fourth-order valence-corrected chi connectivity index (χ4v) is 2.97. The molecule has 0 spiro atoms. The van der Waals surface area contributed by atoms with Gasteiger partial charge in [-0.25, -0.2) is 11.0 Å². The summed E-state index contributed by atoms with van der Waals surface area (Å²) in [6.07, 6.45) is 0.364. The normalized spacial score (nSPS) is 16.3. The van der Waals surface area contributed by atoms with Crippen molar-refractivity contribution >= 4 is 17.4 Å². The number of aromatic nitrogens is 2. The summed E-state index contributed by atoms with van der Waals surface area (Å²) >= 11 is 5.84. The van der Waals surface area contributed by atoms with Crippen LogP contribution < -0.4 is 0 Å². The van der Waals surface area contributed by atoms with Crippen molar-refractivity contribution in [1.29, 1.82) is 0 Å². The van der Waals surface area contributed by atoms with Crippen LogP contribution in [0.1, 0.15) is 38.3 Å². The van der Waals surface area contributed by atoms with Gasteiger partial charge in [0, 0.05) is 11.3 Å². The molecule has 4 nitrogen and oxygen atoms in total. The Morgan fingerprint density at radius 3 is 2.61 bits per heavy atom. The quantitative estimate of drug-likeness (QED) is 0.782. The van der Waals surface area contributed by atoms with E-state index in [1.807, 2.05) is 19.9 Å². The highest BCUT2D eigenvalue weighted by Gasteiger charge is 2.54. The summed E-state index contributed by atoms with van der Waals surface area (Å²) in [7, 11) is 0. The lowest BCUT2D eigenvalue weighted by molar-refractivity contribution is -0.129. The van der Waals surface area contributed by atoms with Gasteiger partial charge in [0.15, 0.2) is 5.78 Å². The molecule has 1 aliphatic rings. The van der Waals surface area contributed by atoms with Gasteiger partial charge in [-0.1, -0.05) is 25.4 Å². The van der Waals surface area contributed by atoms with Gasteiger partial charge in [-0.3, -0.25) is 9.64 Å². The largest absolute Gasteiger partial charge is 0.339 e. The highest BCUT2D eigenvalue weighted by atomic mass is 35.5. The van der Waals surface area contributed by atoms with E-state index in [0.29, 0.717) is 11.3 Å². The van der Waals surface area contributed by atoms with Crippen LogP contribution >= 0.6 is 11.6 Å². The molecule has 0 N–H and O–H groups in total. The lowest BCUT2D eigenvalue weighted by atomic mass is 9.83. The zero-order valence-corrected chi connectivity index (χ0v) is 13.6. The van der Waals surface area contributed by atoms with Crippen molar-refractivity contribution in [1.82, 2.24) is 9.78 Å². The summed E-state index contributed by atoms with van der Waals surface area (Å²) in [4.78, 5) is 15.1. The van der Waals surface area contributed by atoms with Crippen LogP contribution in [0.4, 0.5) is 4.39 Å². The fourth-order valence-electron chi connectivity index (χ4n) is 2.79. The highest BCUT2D eigenvalue weighted by Crippen LogP contribution is 2.41. The van der Waals surface area contributed by atoms with Crippen LogP contribution in [-0.4, -0.2) is 15.6 Å². The average Bonchev–Trinajstić information content (AvgIpc) is 2.92. The van der Waals surface area contributed by atoms with Crippen molar-refractivity contribution in [2.45, 2.75) is 38.3 Å². The molecule has 0 saturated heterocycles. The van der Waals surface area contributed by atoms with E-state index in [4.69, 9.17) is 18.2 Å². The molecule has 0 aliphatic heterocycles. The van der Waals surface area contributed by atoms with E-state index in [1.54, 1.807) is 10.7 Å². The number of rotatable bonds is 3. The number of hydrogen-bond donors (Lipinski definition) is 0. The molecule has 118 valence electrons. The maximum absolute atomic E-state index is 13.3. The van der Waals surface area contributed by atoms with Crippen molar-refractivity contribution in [3.05, 3.63) is 52.2 Å². The molecular formula is C17H15ClFN3O. The second kappa shape index (κ2) is 5.47.